The summed E-state index contributed by atoms with van der Waals surface area (Å²) >= 11 is 1.30. The van der Waals surface area contributed by atoms with Gasteiger partial charge in [-0.1, -0.05) is 39.5 Å². The molecule has 1 heterocycles. The number of hydrogen-bond donors (Lipinski definition) is 1. The van der Waals surface area contributed by atoms with Crippen molar-refractivity contribution in [1.29, 1.82) is 0 Å². The van der Waals surface area contributed by atoms with Crippen LogP contribution in [0.1, 0.15) is 47.5 Å². The zero-order chi connectivity index (χ0) is 21.1. The maximum atomic E-state index is 13.0. The van der Waals surface area contributed by atoms with Gasteiger partial charge in [-0.15, -0.1) is 0 Å². The van der Waals surface area contributed by atoms with Gasteiger partial charge >= 0.3 is 6.03 Å². The molecule has 1 N–H and O–H groups in total. The predicted molar refractivity (Wildman–Crippen MR) is 120 cm³/mol. The third-order valence-corrected chi connectivity index (χ3v) is 5.88. The number of hydrogen-bond acceptors (Lipinski definition) is 5. The van der Waals surface area contributed by atoms with E-state index in [9.17, 15) is 9.59 Å². The normalized spacial score (nSPS) is 17.1. The summed E-state index contributed by atoms with van der Waals surface area (Å²) in [7, 11) is 2.16. The molecule has 0 aromatic heterocycles. The van der Waals surface area contributed by atoms with Crippen LogP contribution in [0.5, 0.6) is 0 Å². The molecule has 1 rings (SSSR count). The van der Waals surface area contributed by atoms with E-state index in [0.717, 1.165) is 52.1 Å². The Morgan fingerprint density at radius 1 is 1.04 bits per heavy atom. The Hall–Kier alpha value is -0.790. The molecule has 1 saturated heterocycles. The molecule has 2 amide bonds. The van der Waals surface area contributed by atoms with E-state index in [2.05, 4.69) is 49.9 Å². The Labute approximate surface area is 176 Å². The van der Waals surface area contributed by atoms with E-state index in [-0.39, 0.29) is 17.2 Å². The zero-order valence-corrected chi connectivity index (χ0v) is 19.7. The minimum Gasteiger partial charge on any atom is -0.334 e. The van der Waals surface area contributed by atoms with Gasteiger partial charge in [0.25, 0.3) is 0 Å². The standard InChI is InChI=1S/C21H42N4O2S/c1-17(2)7-8-25(13-14-28-19(5)26)21(27)22-20(15-18(3)4)16-24-11-9-23(6)10-12-24/h17-18,20H,7-16H2,1-6H3,(H,22,27)/t20-/m1/s1. The number of piperazine rings is 1. The Morgan fingerprint density at radius 2 is 1.68 bits per heavy atom. The summed E-state index contributed by atoms with van der Waals surface area (Å²) in [5.74, 6) is 1.75. The van der Waals surface area contributed by atoms with Gasteiger partial charge in [0, 0.05) is 64.5 Å². The summed E-state index contributed by atoms with van der Waals surface area (Å²) < 4.78 is 0. The van der Waals surface area contributed by atoms with Crippen molar-refractivity contribution < 1.29 is 9.59 Å². The summed E-state index contributed by atoms with van der Waals surface area (Å²) in [6.45, 7) is 16.9. The van der Waals surface area contributed by atoms with Crippen molar-refractivity contribution in [2.24, 2.45) is 11.8 Å². The number of nitrogens with zero attached hydrogens (tertiary/aromatic N) is 3. The third kappa shape index (κ3) is 11.3. The van der Waals surface area contributed by atoms with Crippen molar-refractivity contribution in [3.05, 3.63) is 0 Å². The molecule has 7 heteroatoms. The fourth-order valence-electron chi connectivity index (χ4n) is 3.38. The number of carbonyl (C=O) groups is 2. The molecule has 6 nitrogen and oxygen atoms in total. The molecule has 0 unspecified atom stereocenters. The first-order chi connectivity index (χ1) is 13.2. The second-order valence-electron chi connectivity index (χ2n) is 8.89. The molecule has 0 bridgehead atoms. The number of nitrogens with one attached hydrogen (secondary N) is 1. The van der Waals surface area contributed by atoms with Crippen molar-refractivity contribution in [2.45, 2.75) is 53.5 Å². The molecule has 0 radical (unpaired) electrons. The van der Waals surface area contributed by atoms with Gasteiger partial charge in [0.15, 0.2) is 5.12 Å². The smallest absolute Gasteiger partial charge is 0.317 e. The highest BCUT2D eigenvalue weighted by Crippen LogP contribution is 2.11. The Morgan fingerprint density at radius 3 is 2.21 bits per heavy atom. The molecule has 1 aliphatic rings. The fraction of sp³-hybridized carbons (Fsp3) is 0.905. The Balaban J connectivity index is 2.65. The number of urea groups is 1. The highest BCUT2D eigenvalue weighted by Gasteiger charge is 2.23. The summed E-state index contributed by atoms with van der Waals surface area (Å²) in [5, 5.41) is 3.41. The second-order valence-corrected chi connectivity index (χ2v) is 10.2. The number of amides is 2. The van der Waals surface area contributed by atoms with Crippen molar-refractivity contribution in [3.63, 3.8) is 0 Å². The molecule has 164 valence electrons. The molecule has 0 aromatic rings. The summed E-state index contributed by atoms with van der Waals surface area (Å²) in [4.78, 5) is 31.0. The van der Waals surface area contributed by atoms with E-state index in [4.69, 9.17) is 0 Å². The quantitative estimate of drug-likeness (QED) is 0.563. The molecule has 28 heavy (non-hydrogen) atoms. The number of likely N-dealkylation sites (N-methyl/N-ethyl adjacent to an activating group) is 1. The lowest BCUT2D eigenvalue weighted by atomic mass is 10.0. The monoisotopic (exact) mass is 414 g/mol. The molecule has 1 atom stereocenters. The van der Waals surface area contributed by atoms with E-state index in [1.807, 2.05) is 4.90 Å². The molecule has 1 aliphatic heterocycles. The molecule has 0 aromatic carbocycles. The zero-order valence-electron chi connectivity index (χ0n) is 18.9. The van der Waals surface area contributed by atoms with Crippen LogP contribution in [0.25, 0.3) is 0 Å². The minimum absolute atomic E-state index is 0.0181. The number of thioether (sulfide) groups is 1. The highest BCUT2D eigenvalue weighted by molar-refractivity contribution is 8.13. The van der Waals surface area contributed by atoms with E-state index in [0.29, 0.717) is 24.1 Å². The Kier molecular flexibility index (Phi) is 12.1. The lowest BCUT2D eigenvalue weighted by molar-refractivity contribution is -0.109. The van der Waals surface area contributed by atoms with Crippen LogP contribution >= 0.6 is 11.8 Å². The summed E-state index contributed by atoms with van der Waals surface area (Å²) in [6.07, 6.45) is 1.96. The first-order valence-corrected chi connectivity index (χ1v) is 11.8. The van der Waals surface area contributed by atoms with Crippen LogP contribution in [0.3, 0.4) is 0 Å². The maximum Gasteiger partial charge on any atom is 0.317 e. The van der Waals surface area contributed by atoms with E-state index >= 15 is 0 Å². The van der Waals surface area contributed by atoms with Crippen molar-refractivity contribution in [1.82, 2.24) is 20.0 Å². The van der Waals surface area contributed by atoms with E-state index in [1.54, 1.807) is 6.92 Å². The Bertz CT molecular complexity index is 465. The van der Waals surface area contributed by atoms with Gasteiger partial charge in [-0.3, -0.25) is 9.69 Å². The van der Waals surface area contributed by atoms with Crippen molar-refractivity contribution in [2.75, 3.05) is 58.6 Å². The second kappa shape index (κ2) is 13.4. The van der Waals surface area contributed by atoms with Gasteiger partial charge in [0.1, 0.15) is 0 Å². The van der Waals surface area contributed by atoms with Gasteiger partial charge in [-0.2, -0.15) is 0 Å². The van der Waals surface area contributed by atoms with Crippen LogP contribution in [-0.4, -0.2) is 90.5 Å². The van der Waals surface area contributed by atoms with Crippen LogP contribution in [-0.2, 0) is 4.79 Å². The molecule has 0 saturated carbocycles. The summed E-state index contributed by atoms with van der Waals surface area (Å²) in [6, 6.07) is 0.183. The van der Waals surface area contributed by atoms with E-state index in [1.165, 1.54) is 11.8 Å². The van der Waals surface area contributed by atoms with Gasteiger partial charge < -0.3 is 15.1 Å². The van der Waals surface area contributed by atoms with Gasteiger partial charge in [0.05, 0.1) is 0 Å². The third-order valence-electron chi connectivity index (χ3n) is 5.09. The minimum atomic E-state index is 0.0181. The molecule has 1 fully saturated rings. The van der Waals surface area contributed by atoms with Crippen LogP contribution in [0.4, 0.5) is 4.79 Å². The van der Waals surface area contributed by atoms with Gasteiger partial charge in [-0.25, -0.2) is 4.79 Å². The number of carbonyl (C=O) groups excluding carboxylic acids is 2. The van der Waals surface area contributed by atoms with Crippen molar-refractivity contribution >= 4 is 22.9 Å². The fourth-order valence-corrected chi connectivity index (χ4v) is 3.98. The molecule has 0 spiro atoms. The van der Waals surface area contributed by atoms with E-state index < -0.39 is 0 Å². The van der Waals surface area contributed by atoms with Crippen LogP contribution in [0, 0.1) is 11.8 Å². The van der Waals surface area contributed by atoms with Gasteiger partial charge in [-0.05, 0) is 31.7 Å². The average molecular weight is 415 g/mol. The first kappa shape index (κ1) is 25.2. The highest BCUT2D eigenvalue weighted by atomic mass is 32.2. The van der Waals surface area contributed by atoms with Crippen LogP contribution in [0.2, 0.25) is 0 Å². The lowest BCUT2D eigenvalue weighted by Gasteiger charge is -2.36. The molecular formula is C21H42N4O2S. The predicted octanol–water partition coefficient (Wildman–Crippen LogP) is 2.99. The van der Waals surface area contributed by atoms with Crippen molar-refractivity contribution in [3.8, 4) is 0 Å². The van der Waals surface area contributed by atoms with Crippen LogP contribution < -0.4 is 5.32 Å². The van der Waals surface area contributed by atoms with Gasteiger partial charge in [0.2, 0.25) is 0 Å². The SMILES string of the molecule is CC(=O)SCCN(CCC(C)C)C(=O)N[C@H](CC(C)C)CN1CCN(C)CC1. The first-order valence-electron chi connectivity index (χ1n) is 10.8. The molecule has 0 aliphatic carbocycles. The molecular weight excluding hydrogens is 372 g/mol. The lowest BCUT2D eigenvalue weighted by Crippen LogP contribution is -2.53. The average Bonchev–Trinajstić information content (AvgIpc) is 2.58. The largest absolute Gasteiger partial charge is 0.334 e. The van der Waals surface area contributed by atoms with Crippen LogP contribution in [0.15, 0.2) is 0 Å². The maximum absolute atomic E-state index is 13.0. The summed E-state index contributed by atoms with van der Waals surface area (Å²) in [5.41, 5.74) is 0. The topological polar surface area (TPSA) is 55.9 Å². The number of rotatable bonds is 11.